The van der Waals surface area contributed by atoms with Gasteiger partial charge in [-0.2, -0.15) is 4.98 Å². The van der Waals surface area contributed by atoms with E-state index in [1.165, 1.54) is 0 Å². The summed E-state index contributed by atoms with van der Waals surface area (Å²) in [5, 5.41) is 3.30. The Kier molecular flexibility index (Phi) is 2.93. The van der Waals surface area contributed by atoms with Gasteiger partial charge in [-0.1, -0.05) is 0 Å². The standard InChI is InChI=1S/C10H15N3O/c1-8-12-7-4-10(13-8)14-9-2-5-11-6-3-9/h4,7,9,11H,2-3,5-6H2,1H3. The Morgan fingerprint density at radius 3 is 2.93 bits per heavy atom. The summed E-state index contributed by atoms with van der Waals surface area (Å²) in [5.41, 5.74) is 0. The zero-order chi connectivity index (χ0) is 9.80. The smallest absolute Gasteiger partial charge is 0.216 e. The molecule has 0 amide bonds. The highest BCUT2D eigenvalue weighted by Crippen LogP contribution is 2.12. The fourth-order valence-electron chi connectivity index (χ4n) is 1.58. The molecule has 1 aromatic heterocycles. The number of nitrogens with one attached hydrogen (secondary N) is 1. The maximum Gasteiger partial charge on any atom is 0.216 e. The highest BCUT2D eigenvalue weighted by molar-refractivity contribution is 5.08. The number of nitrogens with zero attached hydrogens (tertiary/aromatic N) is 2. The number of ether oxygens (including phenoxy) is 1. The molecule has 0 aliphatic carbocycles. The van der Waals surface area contributed by atoms with Gasteiger partial charge >= 0.3 is 0 Å². The first-order chi connectivity index (χ1) is 6.84. The van der Waals surface area contributed by atoms with Gasteiger partial charge in [0.15, 0.2) is 0 Å². The quantitative estimate of drug-likeness (QED) is 0.758. The topological polar surface area (TPSA) is 47.0 Å². The van der Waals surface area contributed by atoms with Crippen molar-refractivity contribution >= 4 is 0 Å². The molecule has 1 aliphatic rings. The molecular formula is C10H15N3O. The van der Waals surface area contributed by atoms with Crippen molar-refractivity contribution in [2.45, 2.75) is 25.9 Å². The van der Waals surface area contributed by atoms with Crippen LogP contribution in [0.1, 0.15) is 18.7 Å². The van der Waals surface area contributed by atoms with Gasteiger partial charge in [0, 0.05) is 12.3 Å². The molecular weight excluding hydrogens is 178 g/mol. The Labute approximate surface area is 83.7 Å². The van der Waals surface area contributed by atoms with E-state index in [2.05, 4.69) is 15.3 Å². The van der Waals surface area contributed by atoms with Gasteiger partial charge in [-0.05, 0) is 32.9 Å². The van der Waals surface area contributed by atoms with Gasteiger partial charge in [-0.3, -0.25) is 0 Å². The van der Waals surface area contributed by atoms with Crippen molar-refractivity contribution in [1.29, 1.82) is 0 Å². The van der Waals surface area contributed by atoms with Crippen LogP contribution in [-0.2, 0) is 0 Å². The molecule has 4 heteroatoms. The Morgan fingerprint density at radius 2 is 2.21 bits per heavy atom. The summed E-state index contributed by atoms with van der Waals surface area (Å²) in [5.74, 6) is 1.46. The largest absolute Gasteiger partial charge is 0.474 e. The van der Waals surface area contributed by atoms with E-state index in [9.17, 15) is 0 Å². The molecule has 0 radical (unpaired) electrons. The number of hydrogen-bond acceptors (Lipinski definition) is 4. The molecule has 0 unspecified atom stereocenters. The fraction of sp³-hybridized carbons (Fsp3) is 0.600. The first kappa shape index (κ1) is 9.40. The second-order valence-electron chi connectivity index (χ2n) is 3.51. The molecule has 2 heterocycles. The average molecular weight is 193 g/mol. The predicted molar refractivity (Wildman–Crippen MR) is 53.3 cm³/mol. The van der Waals surface area contributed by atoms with Gasteiger partial charge in [0.25, 0.3) is 0 Å². The number of aryl methyl sites for hydroxylation is 1. The van der Waals surface area contributed by atoms with Crippen LogP contribution in [0.2, 0.25) is 0 Å². The Hall–Kier alpha value is -1.16. The molecule has 4 nitrogen and oxygen atoms in total. The van der Waals surface area contributed by atoms with E-state index in [0.717, 1.165) is 31.8 Å². The van der Waals surface area contributed by atoms with Crippen LogP contribution in [-0.4, -0.2) is 29.2 Å². The Balaban J connectivity index is 1.95. The minimum Gasteiger partial charge on any atom is -0.474 e. The van der Waals surface area contributed by atoms with Crippen LogP contribution in [0.25, 0.3) is 0 Å². The van der Waals surface area contributed by atoms with Crippen molar-refractivity contribution in [1.82, 2.24) is 15.3 Å². The molecule has 1 aliphatic heterocycles. The van der Waals surface area contributed by atoms with Gasteiger partial charge in [-0.25, -0.2) is 4.98 Å². The minimum absolute atomic E-state index is 0.311. The molecule has 1 saturated heterocycles. The van der Waals surface area contributed by atoms with Crippen LogP contribution in [0.5, 0.6) is 5.88 Å². The van der Waals surface area contributed by atoms with Crippen molar-refractivity contribution < 1.29 is 4.74 Å². The van der Waals surface area contributed by atoms with E-state index >= 15 is 0 Å². The van der Waals surface area contributed by atoms with Crippen LogP contribution >= 0.6 is 0 Å². The first-order valence-electron chi connectivity index (χ1n) is 5.01. The lowest BCUT2D eigenvalue weighted by atomic mass is 10.1. The zero-order valence-corrected chi connectivity index (χ0v) is 8.36. The van der Waals surface area contributed by atoms with Crippen LogP contribution in [0.3, 0.4) is 0 Å². The highest BCUT2D eigenvalue weighted by atomic mass is 16.5. The van der Waals surface area contributed by atoms with Crippen molar-refractivity contribution in [3.63, 3.8) is 0 Å². The van der Waals surface area contributed by atoms with Gasteiger partial charge in [0.1, 0.15) is 11.9 Å². The third-order valence-corrected chi connectivity index (χ3v) is 2.32. The van der Waals surface area contributed by atoms with Crippen LogP contribution in [0.4, 0.5) is 0 Å². The van der Waals surface area contributed by atoms with Gasteiger partial charge < -0.3 is 10.1 Å². The number of hydrogen-bond donors (Lipinski definition) is 1. The molecule has 1 aromatic rings. The summed E-state index contributed by atoms with van der Waals surface area (Å²) < 4.78 is 5.74. The summed E-state index contributed by atoms with van der Waals surface area (Å²) in [6.45, 7) is 3.94. The lowest BCUT2D eigenvalue weighted by molar-refractivity contribution is 0.155. The third kappa shape index (κ3) is 2.42. The number of rotatable bonds is 2. The lowest BCUT2D eigenvalue weighted by Gasteiger charge is -2.23. The summed E-state index contributed by atoms with van der Waals surface area (Å²) in [6.07, 6.45) is 4.16. The molecule has 14 heavy (non-hydrogen) atoms. The molecule has 0 bridgehead atoms. The van der Waals surface area contributed by atoms with E-state index in [1.807, 2.05) is 13.0 Å². The molecule has 0 spiro atoms. The maximum atomic E-state index is 5.74. The third-order valence-electron chi connectivity index (χ3n) is 2.32. The number of aromatic nitrogens is 2. The molecule has 1 N–H and O–H groups in total. The summed E-state index contributed by atoms with van der Waals surface area (Å²) in [6, 6.07) is 1.81. The summed E-state index contributed by atoms with van der Waals surface area (Å²) in [7, 11) is 0. The van der Waals surface area contributed by atoms with E-state index in [1.54, 1.807) is 6.20 Å². The molecule has 0 aromatic carbocycles. The van der Waals surface area contributed by atoms with Crippen LogP contribution in [0, 0.1) is 6.92 Å². The summed E-state index contributed by atoms with van der Waals surface area (Å²) in [4.78, 5) is 8.24. The lowest BCUT2D eigenvalue weighted by Crippen LogP contribution is -2.34. The molecule has 0 atom stereocenters. The average Bonchev–Trinajstić information content (AvgIpc) is 2.19. The maximum absolute atomic E-state index is 5.74. The molecule has 0 saturated carbocycles. The van der Waals surface area contributed by atoms with Crippen molar-refractivity contribution in [2.75, 3.05) is 13.1 Å². The summed E-state index contributed by atoms with van der Waals surface area (Å²) >= 11 is 0. The van der Waals surface area contributed by atoms with E-state index in [4.69, 9.17) is 4.74 Å². The molecule has 76 valence electrons. The Morgan fingerprint density at radius 1 is 1.43 bits per heavy atom. The monoisotopic (exact) mass is 193 g/mol. The van der Waals surface area contributed by atoms with Crippen molar-refractivity contribution in [3.05, 3.63) is 18.1 Å². The second kappa shape index (κ2) is 4.37. The highest BCUT2D eigenvalue weighted by Gasteiger charge is 2.14. The first-order valence-corrected chi connectivity index (χ1v) is 5.01. The molecule has 1 fully saturated rings. The zero-order valence-electron chi connectivity index (χ0n) is 8.36. The van der Waals surface area contributed by atoms with E-state index in [0.29, 0.717) is 12.0 Å². The van der Waals surface area contributed by atoms with Gasteiger partial charge in [-0.15, -0.1) is 0 Å². The molecule has 2 rings (SSSR count). The second-order valence-corrected chi connectivity index (χ2v) is 3.51. The SMILES string of the molecule is Cc1nccc(OC2CCNCC2)n1. The van der Waals surface area contributed by atoms with Crippen LogP contribution in [0.15, 0.2) is 12.3 Å². The van der Waals surface area contributed by atoms with Crippen molar-refractivity contribution in [3.8, 4) is 5.88 Å². The van der Waals surface area contributed by atoms with Gasteiger partial charge in [0.05, 0.1) is 0 Å². The minimum atomic E-state index is 0.311. The Bertz CT molecular complexity index is 297. The number of piperidine rings is 1. The van der Waals surface area contributed by atoms with E-state index in [-0.39, 0.29) is 0 Å². The van der Waals surface area contributed by atoms with Crippen LogP contribution < -0.4 is 10.1 Å². The van der Waals surface area contributed by atoms with Crippen molar-refractivity contribution in [2.24, 2.45) is 0 Å². The normalized spacial score (nSPS) is 18.1. The van der Waals surface area contributed by atoms with Gasteiger partial charge in [0.2, 0.25) is 5.88 Å². The fourth-order valence-corrected chi connectivity index (χ4v) is 1.58. The predicted octanol–water partition coefficient (Wildman–Crippen LogP) is 0.916. The van der Waals surface area contributed by atoms with E-state index < -0.39 is 0 Å².